The van der Waals surface area contributed by atoms with E-state index >= 15 is 0 Å². The van der Waals surface area contributed by atoms with Crippen molar-refractivity contribution in [2.24, 2.45) is 0 Å². The fourth-order valence-corrected chi connectivity index (χ4v) is 3.63. The maximum atomic E-state index is 12.5. The monoisotopic (exact) mass is 439 g/mol. The van der Waals surface area contributed by atoms with Crippen molar-refractivity contribution in [3.05, 3.63) is 59.4 Å². The molecule has 160 valence electrons. The van der Waals surface area contributed by atoms with Gasteiger partial charge in [-0.15, -0.1) is 0 Å². The minimum absolute atomic E-state index is 0.0191. The highest BCUT2D eigenvalue weighted by molar-refractivity contribution is 6.30. The number of nitrogens with zero attached hydrogens (tertiary/aromatic N) is 3. The van der Waals surface area contributed by atoms with Gasteiger partial charge in [-0.2, -0.15) is 4.98 Å². The highest BCUT2D eigenvalue weighted by atomic mass is 35.5. The maximum absolute atomic E-state index is 12.5. The number of amides is 3. The van der Waals surface area contributed by atoms with Crippen molar-refractivity contribution in [1.29, 1.82) is 0 Å². The Kier molecular flexibility index (Phi) is 5.90. The molecule has 2 N–H and O–H groups in total. The van der Waals surface area contributed by atoms with E-state index in [4.69, 9.17) is 16.1 Å². The average molecular weight is 440 g/mol. The molecule has 0 aliphatic carbocycles. The molecule has 3 amide bonds. The van der Waals surface area contributed by atoms with Crippen molar-refractivity contribution in [1.82, 2.24) is 15.5 Å². The number of nitrogens with one attached hydrogen (secondary N) is 2. The molecule has 2 heterocycles. The van der Waals surface area contributed by atoms with E-state index in [2.05, 4.69) is 20.8 Å². The van der Waals surface area contributed by atoms with Gasteiger partial charge in [0, 0.05) is 41.0 Å². The lowest BCUT2D eigenvalue weighted by molar-refractivity contribution is -0.117. The molecular formula is C22H22ClN5O3. The molecule has 0 radical (unpaired) electrons. The zero-order chi connectivity index (χ0) is 22.0. The molecule has 1 saturated heterocycles. The first-order valence-electron chi connectivity index (χ1n) is 9.96. The summed E-state index contributed by atoms with van der Waals surface area (Å²) < 4.78 is 5.47. The van der Waals surface area contributed by atoms with Crippen LogP contribution in [-0.2, 0) is 4.79 Å². The van der Waals surface area contributed by atoms with Gasteiger partial charge in [0.05, 0.1) is 5.92 Å². The summed E-state index contributed by atoms with van der Waals surface area (Å²) in [4.78, 5) is 30.6. The van der Waals surface area contributed by atoms with Gasteiger partial charge in [-0.1, -0.05) is 35.0 Å². The number of rotatable bonds is 5. The standard InChI is InChI=1S/C22H22ClN5O3/c1-13(2)24-22(30)25-17-7-3-5-14(9-17)20-26-21(31-27-20)15-10-19(29)28(12-15)18-8-4-6-16(23)11-18/h3-9,11,13,15H,10,12H2,1-2H3,(H2,24,25,30)/t15-/m0/s1. The van der Waals surface area contributed by atoms with Crippen molar-refractivity contribution < 1.29 is 14.1 Å². The van der Waals surface area contributed by atoms with E-state index < -0.39 is 0 Å². The first-order valence-corrected chi connectivity index (χ1v) is 10.3. The smallest absolute Gasteiger partial charge is 0.319 e. The fraction of sp³-hybridized carbons (Fsp3) is 0.273. The van der Waals surface area contributed by atoms with Gasteiger partial charge >= 0.3 is 6.03 Å². The number of carbonyl (C=O) groups excluding carboxylic acids is 2. The van der Waals surface area contributed by atoms with Gasteiger partial charge in [0.15, 0.2) is 0 Å². The van der Waals surface area contributed by atoms with Crippen LogP contribution in [0.1, 0.15) is 32.1 Å². The van der Waals surface area contributed by atoms with Crippen molar-refractivity contribution >= 4 is 34.9 Å². The zero-order valence-electron chi connectivity index (χ0n) is 17.1. The molecule has 8 nitrogen and oxygen atoms in total. The van der Waals surface area contributed by atoms with Gasteiger partial charge in [0.2, 0.25) is 17.6 Å². The van der Waals surface area contributed by atoms with E-state index in [9.17, 15) is 9.59 Å². The van der Waals surface area contributed by atoms with Crippen LogP contribution in [-0.4, -0.2) is 34.7 Å². The number of hydrogen-bond acceptors (Lipinski definition) is 5. The number of hydrogen-bond donors (Lipinski definition) is 2. The van der Waals surface area contributed by atoms with Crippen LogP contribution in [0.3, 0.4) is 0 Å². The predicted octanol–water partition coefficient (Wildman–Crippen LogP) is 4.44. The molecule has 1 fully saturated rings. The summed E-state index contributed by atoms with van der Waals surface area (Å²) in [5, 5.41) is 10.2. The second-order valence-corrected chi connectivity index (χ2v) is 8.11. The van der Waals surface area contributed by atoms with Crippen LogP contribution in [0.2, 0.25) is 5.02 Å². The Labute approximate surface area is 184 Å². The van der Waals surface area contributed by atoms with Crippen LogP contribution in [0.25, 0.3) is 11.4 Å². The molecule has 1 aliphatic heterocycles. The van der Waals surface area contributed by atoms with Crippen LogP contribution in [0.5, 0.6) is 0 Å². The summed E-state index contributed by atoms with van der Waals surface area (Å²) in [5.74, 6) is 0.584. The number of benzene rings is 2. The lowest BCUT2D eigenvalue weighted by Gasteiger charge is -2.16. The van der Waals surface area contributed by atoms with Crippen LogP contribution < -0.4 is 15.5 Å². The third kappa shape index (κ3) is 4.86. The molecular weight excluding hydrogens is 418 g/mol. The number of halogens is 1. The third-order valence-corrected chi connectivity index (χ3v) is 5.07. The second-order valence-electron chi connectivity index (χ2n) is 7.68. The molecule has 9 heteroatoms. The van der Waals surface area contributed by atoms with Gasteiger partial charge in [-0.3, -0.25) is 4.79 Å². The number of aromatic nitrogens is 2. The molecule has 0 unspecified atom stereocenters. The predicted molar refractivity (Wildman–Crippen MR) is 118 cm³/mol. The molecule has 1 atom stereocenters. The van der Waals surface area contributed by atoms with Crippen LogP contribution in [0.15, 0.2) is 53.1 Å². The Hall–Kier alpha value is -3.39. The first kappa shape index (κ1) is 20.9. The summed E-state index contributed by atoms with van der Waals surface area (Å²) >= 11 is 6.06. The summed E-state index contributed by atoms with van der Waals surface area (Å²) in [7, 11) is 0. The van der Waals surface area contributed by atoms with E-state index in [-0.39, 0.29) is 30.3 Å². The minimum Gasteiger partial charge on any atom is -0.339 e. The lowest BCUT2D eigenvalue weighted by Crippen LogP contribution is -2.34. The summed E-state index contributed by atoms with van der Waals surface area (Å²) in [5.41, 5.74) is 2.07. The van der Waals surface area contributed by atoms with Crippen molar-refractivity contribution in [2.45, 2.75) is 32.2 Å². The fourth-order valence-electron chi connectivity index (χ4n) is 3.45. The molecule has 1 aliphatic rings. The molecule has 2 aromatic carbocycles. The molecule has 3 aromatic rings. The molecule has 4 rings (SSSR count). The van der Waals surface area contributed by atoms with Crippen molar-refractivity contribution in [2.75, 3.05) is 16.8 Å². The number of carbonyl (C=O) groups is 2. The van der Waals surface area contributed by atoms with E-state index in [1.165, 1.54) is 0 Å². The van der Waals surface area contributed by atoms with E-state index in [1.807, 2.05) is 32.0 Å². The highest BCUT2D eigenvalue weighted by Gasteiger charge is 2.35. The van der Waals surface area contributed by atoms with E-state index in [0.29, 0.717) is 34.5 Å². The highest BCUT2D eigenvalue weighted by Crippen LogP contribution is 2.33. The van der Waals surface area contributed by atoms with Gasteiger partial charge in [0.25, 0.3) is 0 Å². The van der Waals surface area contributed by atoms with Crippen LogP contribution in [0.4, 0.5) is 16.2 Å². The Bertz CT molecular complexity index is 1110. The van der Waals surface area contributed by atoms with E-state index in [1.54, 1.807) is 35.2 Å². The Morgan fingerprint density at radius 3 is 2.81 bits per heavy atom. The Morgan fingerprint density at radius 2 is 2.03 bits per heavy atom. The Morgan fingerprint density at radius 1 is 1.23 bits per heavy atom. The number of urea groups is 1. The van der Waals surface area contributed by atoms with E-state index in [0.717, 1.165) is 5.69 Å². The molecule has 0 saturated carbocycles. The first-order chi connectivity index (χ1) is 14.9. The maximum Gasteiger partial charge on any atom is 0.319 e. The van der Waals surface area contributed by atoms with Gasteiger partial charge < -0.3 is 20.1 Å². The normalized spacial score (nSPS) is 16.1. The summed E-state index contributed by atoms with van der Waals surface area (Å²) in [6.07, 6.45) is 0.283. The minimum atomic E-state index is -0.286. The molecule has 31 heavy (non-hydrogen) atoms. The molecule has 0 spiro atoms. The van der Waals surface area contributed by atoms with Gasteiger partial charge in [0.1, 0.15) is 0 Å². The molecule has 0 bridgehead atoms. The van der Waals surface area contributed by atoms with Crippen LogP contribution in [0, 0.1) is 0 Å². The zero-order valence-corrected chi connectivity index (χ0v) is 17.9. The number of anilines is 2. The largest absolute Gasteiger partial charge is 0.339 e. The summed E-state index contributed by atoms with van der Waals surface area (Å²) in [6.45, 7) is 4.22. The van der Waals surface area contributed by atoms with Crippen molar-refractivity contribution in [3.8, 4) is 11.4 Å². The quantitative estimate of drug-likeness (QED) is 0.612. The second kappa shape index (κ2) is 8.77. The third-order valence-electron chi connectivity index (χ3n) is 4.83. The van der Waals surface area contributed by atoms with Gasteiger partial charge in [-0.25, -0.2) is 4.79 Å². The molecule has 1 aromatic heterocycles. The van der Waals surface area contributed by atoms with Crippen molar-refractivity contribution in [3.63, 3.8) is 0 Å². The summed E-state index contributed by atoms with van der Waals surface area (Å²) in [6, 6.07) is 14.1. The SMILES string of the molecule is CC(C)NC(=O)Nc1cccc(-c2noc([C@H]3CC(=O)N(c4cccc(Cl)c4)C3)n2)c1. The Balaban J connectivity index is 1.48. The lowest BCUT2D eigenvalue weighted by atomic mass is 10.1. The van der Waals surface area contributed by atoms with Gasteiger partial charge in [-0.05, 0) is 44.2 Å². The topological polar surface area (TPSA) is 100 Å². The van der Waals surface area contributed by atoms with Crippen LogP contribution >= 0.6 is 11.6 Å². The average Bonchev–Trinajstić information content (AvgIpc) is 3.34.